The van der Waals surface area contributed by atoms with Crippen LogP contribution in [-0.2, 0) is 10.0 Å². The van der Waals surface area contributed by atoms with E-state index >= 15 is 0 Å². The molecule has 82 valence electrons. The molecular formula is C8H15NO4S. The highest BCUT2D eigenvalue weighted by atomic mass is 32.2. The molecular weight excluding hydrogens is 206 g/mol. The average molecular weight is 221 g/mol. The molecule has 14 heavy (non-hydrogen) atoms. The molecule has 2 rings (SSSR count). The molecule has 2 fully saturated rings. The molecule has 6 heteroatoms. The molecule has 0 aromatic rings. The Labute approximate surface area is 83.4 Å². The molecule has 2 N–H and O–H groups in total. The lowest BCUT2D eigenvalue weighted by atomic mass is 10.00. The van der Waals surface area contributed by atoms with Crippen molar-refractivity contribution in [2.45, 2.75) is 37.6 Å². The summed E-state index contributed by atoms with van der Waals surface area (Å²) in [6, 6.07) is -0.634. The highest BCUT2D eigenvalue weighted by Crippen LogP contribution is 2.44. The van der Waals surface area contributed by atoms with Crippen LogP contribution in [0.1, 0.15) is 19.3 Å². The van der Waals surface area contributed by atoms with Crippen LogP contribution < -0.4 is 0 Å². The van der Waals surface area contributed by atoms with Crippen LogP contribution in [0.2, 0.25) is 0 Å². The van der Waals surface area contributed by atoms with E-state index in [1.165, 1.54) is 4.31 Å². The van der Waals surface area contributed by atoms with Crippen LogP contribution >= 0.6 is 0 Å². The van der Waals surface area contributed by atoms with Gasteiger partial charge in [-0.05, 0) is 25.2 Å². The minimum atomic E-state index is -3.31. The van der Waals surface area contributed by atoms with Crippen molar-refractivity contribution in [2.24, 2.45) is 5.92 Å². The fourth-order valence-electron chi connectivity index (χ4n) is 2.85. The summed E-state index contributed by atoms with van der Waals surface area (Å²) in [5.74, 6) is 0.120. The van der Waals surface area contributed by atoms with E-state index in [2.05, 4.69) is 0 Å². The largest absolute Gasteiger partial charge is 0.367 e. The van der Waals surface area contributed by atoms with Crippen molar-refractivity contribution in [3.05, 3.63) is 0 Å². The highest BCUT2D eigenvalue weighted by molar-refractivity contribution is 7.88. The zero-order chi connectivity index (χ0) is 10.5. The lowest BCUT2D eigenvalue weighted by Crippen LogP contribution is -2.50. The third-order valence-electron chi connectivity index (χ3n) is 3.27. The molecule has 1 aliphatic carbocycles. The maximum atomic E-state index is 11.4. The zero-order valence-electron chi connectivity index (χ0n) is 8.00. The fraction of sp³-hybridized carbons (Fsp3) is 1.00. The summed E-state index contributed by atoms with van der Waals surface area (Å²) in [5.41, 5.74) is 0. The van der Waals surface area contributed by atoms with Gasteiger partial charge in [-0.1, -0.05) is 0 Å². The lowest BCUT2D eigenvalue weighted by molar-refractivity contribution is -0.0951. The molecule has 0 amide bonds. The van der Waals surface area contributed by atoms with Crippen molar-refractivity contribution >= 4 is 10.0 Å². The first-order chi connectivity index (χ1) is 6.41. The number of nitrogens with zero attached hydrogens (tertiary/aromatic N) is 1. The Morgan fingerprint density at radius 1 is 1.36 bits per heavy atom. The van der Waals surface area contributed by atoms with Gasteiger partial charge in [0.1, 0.15) is 0 Å². The second-order valence-corrected chi connectivity index (χ2v) is 6.11. The predicted octanol–water partition coefficient (Wildman–Crippen LogP) is -0.890. The van der Waals surface area contributed by atoms with E-state index in [1.54, 1.807) is 0 Å². The van der Waals surface area contributed by atoms with Gasteiger partial charge in [0.05, 0.1) is 12.3 Å². The van der Waals surface area contributed by atoms with Crippen LogP contribution in [0.15, 0.2) is 0 Å². The zero-order valence-corrected chi connectivity index (χ0v) is 8.81. The van der Waals surface area contributed by atoms with Gasteiger partial charge in [-0.2, -0.15) is 4.31 Å². The molecule has 0 radical (unpaired) electrons. The van der Waals surface area contributed by atoms with E-state index in [1.807, 2.05) is 0 Å². The second-order valence-electron chi connectivity index (χ2n) is 4.22. The molecule has 1 aliphatic heterocycles. The highest BCUT2D eigenvalue weighted by Gasteiger charge is 2.52. The third-order valence-corrected chi connectivity index (χ3v) is 4.58. The van der Waals surface area contributed by atoms with E-state index in [-0.39, 0.29) is 12.0 Å². The second kappa shape index (κ2) is 3.16. The summed E-state index contributed by atoms with van der Waals surface area (Å²) in [6.45, 7) is 0. The third kappa shape index (κ3) is 1.46. The summed E-state index contributed by atoms with van der Waals surface area (Å²) >= 11 is 0. The van der Waals surface area contributed by atoms with Gasteiger partial charge in [-0.15, -0.1) is 0 Å². The number of hydrogen-bond acceptors (Lipinski definition) is 4. The van der Waals surface area contributed by atoms with E-state index in [0.29, 0.717) is 0 Å². The first kappa shape index (κ1) is 10.4. The quantitative estimate of drug-likeness (QED) is 0.593. The van der Waals surface area contributed by atoms with Crippen molar-refractivity contribution in [3.8, 4) is 0 Å². The maximum Gasteiger partial charge on any atom is 0.211 e. The predicted molar refractivity (Wildman–Crippen MR) is 49.8 cm³/mol. The van der Waals surface area contributed by atoms with Crippen molar-refractivity contribution < 1.29 is 18.6 Å². The van der Waals surface area contributed by atoms with Gasteiger partial charge < -0.3 is 10.2 Å². The van der Waals surface area contributed by atoms with Crippen LogP contribution in [0, 0.1) is 5.92 Å². The van der Waals surface area contributed by atoms with Crippen LogP contribution in [0.3, 0.4) is 0 Å². The summed E-state index contributed by atoms with van der Waals surface area (Å²) in [5, 5.41) is 18.3. The van der Waals surface area contributed by atoms with Gasteiger partial charge in [0.25, 0.3) is 0 Å². The maximum absolute atomic E-state index is 11.4. The first-order valence-corrected chi connectivity index (χ1v) is 6.60. The Morgan fingerprint density at radius 3 is 2.43 bits per heavy atom. The Morgan fingerprint density at radius 2 is 2.00 bits per heavy atom. The lowest BCUT2D eigenvalue weighted by Gasteiger charge is -2.33. The minimum absolute atomic E-state index is 0.0122. The van der Waals surface area contributed by atoms with Crippen LogP contribution in [0.5, 0.6) is 0 Å². The smallest absolute Gasteiger partial charge is 0.211 e. The summed E-state index contributed by atoms with van der Waals surface area (Å²) in [4.78, 5) is 0. The number of piperidine rings is 1. The van der Waals surface area contributed by atoms with Gasteiger partial charge >= 0.3 is 0 Å². The molecule has 3 unspecified atom stereocenters. The summed E-state index contributed by atoms with van der Waals surface area (Å²) in [7, 11) is -3.31. The molecule has 3 atom stereocenters. The average Bonchev–Trinajstić information content (AvgIpc) is 2.58. The van der Waals surface area contributed by atoms with Crippen molar-refractivity contribution in [1.29, 1.82) is 0 Å². The molecule has 1 heterocycles. The van der Waals surface area contributed by atoms with Gasteiger partial charge in [0, 0.05) is 6.04 Å². The van der Waals surface area contributed by atoms with E-state index < -0.39 is 22.4 Å². The van der Waals surface area contributed by atoms with Gasteiger partial charge in [-0.25, -0.2) is 8.42 Å². The van der Waals surface area contributed by atoms with E-state index in [9.17, 15) is 8.42 Å². The number of rotatable bonds is 2. The SMILES string of the molecule is CS(=O)(=O)N1C2CCC(C2)C1C(O)O. The van der Waals surface area contributed by atoms with Crippen molar-refractivity contribution in [3.63, 3.8) is 0 Å². The minimum Gasteiger partial charge on any atom is -0.367 e. The molecule has 5 nitrogen and oxygen atoms in total. The van der Waals surface area contributed by atoms with E-state index in [4.69, 9.17) is 10.2 Å². The Kier molecular flexibility index (Phi) is 2.34. The summed E-state index contributed by atoms with van der Waals surface area (Å²) < 4.78 is 24.2. The number of sulfonamides is 1. The first-order valence-electron chi connectivity index (χ1n) is 4.76. The molecule has 1 saturated heterocycles. The molecule has 1 saturated carbocycles. The number of fused-ring (bicyclic) bond motifs is 2. The van der Waals surface area contributed by atoms with Gasteiger partial charge in [-0.3, -0.25) is 0 Å². The number of aliphatic hydroxyl groups excluding tert-OH is 1. The van der Waals surface area contributed by atoms with Gasteiger partial charge in [0.15, 0.2) is 6.29 Å². The topological polar surface area (TPSA) is 77.8 Å². The van der Waals surface area contributed by atoms with Crippen molar-refractivity contribution in [2.75, 3.05) is 6.26 Å². The Bertz CT molecular complexity index is 326. The standard InChI is InChI=1S/C8H15NO4S/c1-14(12,13)9-6-3-2-5(4-6)7(9)8(10)11/h5-8,10-11H,2-4H2,1H3. The number of aliphatic hydroxyl groups is 2. The molecule has 0 aromatic heterocycles. The van der Waals surface area contributed by atoms with Crippen LogP contribution in [0.4, 0.5) is 0 Å². The van der Waals surface area contributed by atoms with Crippen molar-refractivity contribution in [1.82, 2.24) is 4.31 Å². The molecule has 2 bridgehead atoms. The monoisotopic (exact) mass is 221 g/mol. The van der Waals surface area contributed by atoms with Gasteiger partial charge in [0.2, 0.25) is 10.0 Å². The molecule has 0 spiro atoms. The normalized spacial score (nSPS) is 38.4. The molecule has 2 aliphatic rings. The summed E-state index contributed by atoms with van der Waals surface area (Å²) in [6.07, 6.45) is 2.10. The van der Waals surface area contributed by atoms with Crippen LogP contribution in [0.25, 0.3) is 0 Å². The Hall–Kier alpha value is -0.170. The number of hydrogen-bond donors (Lipinski definition) is 2. The van der Waals surface area contributed by atoms with Crippen LogP contribution in [-0.4, -0.2) is 47.6 Å². The fourth-order valence-corrected chi connectivity index (χ4v) is 4.31. The Balaban J connectivity index is 2.31. The molecule has 0 aromatic carbocycles. The van der Waals surface area contributed by atoms with E-state index in [0.717, 1.165) is 25.5 Å².